The van der Waals surface area contributed by atoms with Crippen molar-refractivity contribution in [3.05, 3.63) is 42.0 Å². The third-order valence-electron chi connectivity index (χ3n) is 2.37. The average Bonchev–Trinajstić information content (AvgIpc) is 2.37. The zero-order valence-electron chi connectivity index (χ0n) is 12.9. The molecule has 0 aliphatic heterocycles. The highest BCUT2D eigenvalue weighted by atomic mass is 19.5. The minimum atomic E-state index is -6.00. The molecule has 0 amide bonds. The van der Waals surface area contributed by atoms with Crippen LogP contribution in [0.2, 0.25) is 0 Å². The van der Waals surface area contributed by atoms with Gasteiger partial charge in [-0.2, -0.15) is 4.58 Å². The van der Waals surface area contributed by atoms with E-state index in [0.29, 0.717) is 0 Å². The number of carbonyl (C=O) groups excluding carboxylic acids is 1. The second-order valence-electron chi connectivity index (χ2n) is 4.82. The summed E-state index contributed by atoms with van der Waals surface area (Å²) in [6, 6.07) is 9.05. The van der Waals surface area contributed by atoms with Gasteiger partial charge in [0.05, 0.1) is 0 Å². The van der Waals surface area contributed by atoms with Crippen molar-refractivity contribution in [2.75, 3.05) is 28.2 Å². The Balaban J connectivity index is 0.000000763. The van der Waals surface area contributed by atoms with Crippen LogP contribution in [-0.2, 0) is 0 Å². The number of carbonyl (C=O) groups is 1. The van der Waals surface area contributed by atoms with Crippen LogP contribution in [0.4, 0.5) is 17.3 Å². The van der Waals surface area contributed by atoms with Crippen LogP contribution in [0, 0.1) is 0 Å². The minimum Gasteiger partial charge on any atom is -0.418 e. The van der Waals surface area contributed by atoms with Crippen molar-refractivity contribution in [1.82, 2.24) is 4.90 Å². The van der Waals surface area contributed by atoms with Crippen LogP contribution in [0.25, 0.3) is 0 Å². The second-order valence-corrected chi connectivity index (χ2v) is 4.82. The molecule has 1 aromatic carbocycles. The summed E-state index contributed by atoms with van der Waals surface area (Å²) in [6.45, 7) is 0. The van der Waals surface area contributed by atoms with Crippen molar-refractivity contribution in [2.24, 2.45) is 0 Å². The van der Waals surface area contributed by atoms with Gasteiger partial charge >= 0.3 is 7.25 Å². The molecule has 0 bridgehead atoms. The molecule has 1 atom stereocenters. The quantitative estimate of drug-likeness (QED) is 0.280. The number of nitrogens with zero attached hydrogens (tertiary/aromatic N) is 2. The molecule has 1 rings (SSSR count). The number of halogens is 4. The first-order chi connectivity index (χ1) is 10.0. The number of rotatable bonds is 4. The summed E-state index contributed by atoms with van der Waals surface area (Å²) in [7, 11) is 1.55. The molecule has 3 nitrogen and oxygen atoms in total. The number of hydrogen-bond donors (Lipinski definition) is 0. The molecule has 122 valence electrons. The molecule has 0 aromatic heterocycles. The van der Waals surface area contributed by atoms with Crippen LogP contribution in [0.15, 0.2) is 36.4 Å². The van der Waals surface area contributed by atoms with E-state index in [4.69, 9.17) is 0 Å². The Kier molecular flexibility index (Phi) is 8.38. The zero-order valence-corrected chi connectivity index (χ0v) is 12.9. The van der Waals surface area contributed by atoms with Crippen LogP contribution in [0.1, 0.15) is 10.4 Å². The average molecular weight is 318 g/mol. The summed E-state index contributed by atoms with van der Waals surface area (Å²) >= 11 is 0. The number of Topliss-reactive ketones (excluding diaryl/α,β-unsaturated/α-hetero) is 1. The van der Waals surface area contributed by atoms with E-state index in [1.54, 1.807) is 10.7 Å². The Morgan fingerprint density at radius 3 is 2.00 bits per heavy atom. The Labute approximate surface area is 127 Å². The van der Waals surface area contributed by atoms with Crippen molar-refractivity contribution >= 4 is 18.9 Å². The SMILES string of the molecule is CN(C)C(C=C=[N+](C)C)C(=O)c1ccccc1.F[B-](F)(F)F. The molecule has 8 heteroatoms. The van der Waals surface area contributed by atoms with Gasteiger partial charge in [-0.1, -0.05) is 30.3 Å². The van der Waals surface area contributed by atoms with E-state index in [-0.39, 0.29) is 11.8 Å². The van der Waals surface area contributed by atoms with E-state index in [1.807, 2.05) is 63.4 Å². The molecule has 0 fully saturated rings. The lowest BCUT2D eigenvalue weighted by molar-refractivity contribution is -0.456. The first-order valence-corrected chi connectivity index (χ1v) is 6.42. The van der Waals surface area contributed by atoms with Gasteiger partial charge in [0.25, 0.3) is 0 Å². The topological polar surface area (TPSA) is 23.3 Å². The lowest BCUT2D eigenvalue weighted by Crippen LogP contribution is -2.34. The third kappa shape index (κ3) is 9.91. The summed E-state index contributed by atoms with van der Waals surface area (Å²) in [5, 5.41) is 0. The van der Waals surface area contributed by atoms with Gasteiger partial charge in [0, 0.05) is 11.6 Å². The van der Waals surface area contributed by atoms with Crippen molar-refractivity contribution < 1.29 is 26.6 Å². The van der Waals surface area contributed by atoms with Crippen LogP contribution in [0.3, 0.4) is 0 Å². The zero-order chi connectivity index (χ0) is 17.3. The van der Waals surface area contributed by atoms with Crippen molar-refractivity contribution in [2.45, 2.75) is 6.04 Å². The summed E-state index contributed by atoms with van der Waals surface area (Å²) in [5.74, 6) is 3.11. The highest BCUT2D eigenvalue weighted by Gasteiger charge is 2.21. The molecule has 22 heavy (non-hydrogen) atoms. The fourth-order valence-electron chi connectivity index (χ4n) is 1.45. The largest absolute Gasteiger partial charge is 0.673 e. The predicted molar refractivity (Wildman–Crippen MR) is 80.1 cm³/mol. The molecule has 0 saturated heterocycles. The van der Waals surface area contributed by atoms with Crippen molar-refractivity contribution in [3.63, 3.8) is 0 Å². The number of benzene rings is 1. The Morgan fingerprint density at radius 1 is 1.18 bits per heavy atom. The normalized spacial score (nSPS) is 11.9. The maximum Gasteiger partial charge on any atom is 0.673 e. The molecule has 0 saturated carbocycles. The number of ketones is 1. The van der Waals surface area contributed by atoms with E-state index >= 15 is 0 Å². The fraction of sp³-hybridized carbons (Fsp3) is 0.357. The van der Waals surface area contributed by atoms with Gasteiger partial charge in [-0.05, 0) is 14.1 Å². The summed E-state index contributed by atoms with van der Waals surface area (Å²) in [4.78, 5) is 14.1. The number of likely N-dealkylation sites (N-methyl/N-ethyl adjacent to an activating group) is 1. The molecular formula is C14H19BF4N2O. The van der Waals surface area contributed by atoms with Gasteiger partial charge in [-0.25, -0.2) is 0 Å². The van der Waals surface area contributed by atoms with Crippen LogP contribution in [0.5, 0.6) is 0 Å². The highest BCUT2D eigenvalue weighted by molar-refractivity contribution is 6.50. The van der Waals surface area contributed by atoms with Crippen molar-refractivity contribution in [1.29, 1.82) is 0 Å². The van der Waals surface area contributed by atoms with E-state index in [1.165, 1.54) is 0 Å². The molecule has 0 aliphatic rings. The molecule has 0 heterocycles. The number of hydrogen-bond acceptors (Lipinski definition) is 2. The molecule has 0 spiro atoms. The van der Waals surface area contributed by atoms with Crippen LogP contribution < -0.4 is 0 Å². The lowest BCUT2D eigenvalue weighted by atomic mass is 10.0. The molecule has 0 N–H and O–H groups in total. The molecule has 1 unspecified atom stereocenters. The molecule has 0 aliphatic carbocycles. The van der Waals surface area contributed by atoms with E-state index in [2.05, 4.69) is 5.87 Å². The Bertz CT molecular complexity index is 528. The minimum absolute atomic E-state index is 0.0879. The molecule has 1 aromatic rings. The second kappa shape index (κ2) is 9.17. The van der Waals surface area contributed by atoms with Crippen LogP contribution in [-0.4, -0.2) is 62.6 Å². The smallest absolute Gasteiger partial charge is 0.418 e. The lowest BCUT2D eigenvalue weighted by Gasteiger charge is -2.17. The Morgan fingerprint density at radius 2 is 1.64 bits per heavy atom. The van der Waals surface area contributed by atoms with Crippen LogP contribution >= 0.6 is 0 Å². The maximum atomic E-state index is 12.3. The predicted octanol–water partition coefficient (Wildman–Crippen LogP) is 2.60. The fourth-order valence-corrected chi connectivity index (χ4v) is 1.45. The standard InChI is InChI=1S/C14H19N2O.BF4/c1-15(2)11-10-13(16(3)4)14(17)12-8-6-5-7-9-12;2-1(3,4)5/h5-10,13H,1-4H3;/q+1;-1. The Hall–Kier alpha value is -1.92. The first-order valence-electron chi connectivity index (χ1n) is 6.42. The van der Waals surface area contributed by atoms with Gasteiger partial charge in [-0.3, -0.25) is 9.69 Å². The summed E-state index contributed by atoms with van der Waals surface area (Å²) < 4.78 is 40.8. The van der Waals surface area contributed by atoms with Gasteiger partial charge in [-0.15, -0.1) is 0 Å². The summed E-state index contributed by atoms with van der Waals surface area (Å²) in [5.41, 5.74) is 0.725. The first kappa shape index (κ1) is 20.1. The van der Waals surface area contributed by atoms with Gasteiger partial charge in [0.2, 0.25) is 0 Å². The van der Waals surface area contributed by atoms with E-state index in [0.717, 1.165) is 5.56 Å². The third-order valence-corrected chi connectivity index (χ3v) is 2.37. The van der Waals surface area contributed by atoms with E-state index in [9.17, 15) is 22.1 Å². The molecular weight excluding hydrogens is 299 g/mol. The van der Waals surface area contributed by atoms with Gasteiger partial charge < -0.3 is 17.3 Å². The summed E-state index contributed by atoms with van der Waals surface area (Å²) in [6.07, 6.45) is 1.79. The van der Waals surface area contributed by atoms with Crippen molar-refractivity contribution in [3.8, 4) is 0 Å². The van der Waals surface area contributed by atoms with Gasteiger partial charge in [0.15, 0.2) is 11.7 Å². The van der Waals surface area contributed by atoms with E-state index < -0.39 is 7.25 Å². The monoisotopic (exact) mass is 318 g/mol. The molecule has 0 radical (unpaired) electrons. The van der Waals surface area contributed by atoms with Gasteiger partial charge in [0.1, 0.15) is 20.1 Å². The highest BCUT2D eigenvalue weighted by Crippen LogP contribution is 2.07. The maximum absolute atomic E-state index is 12.3.